The summed E-state index contributed by atoms with van der Waals surface area (Å²) in [5, 5.41) is 20.4. The molecule has 3 aromatic heterocycles. The highest BCUT2D eigenvalue weighted by Crippen LogP contribution is 2.40. The molecule has 0 bridgehead atoms. The van der Waals surface area contributed by atoms with Gasteiger partial charge in [0.05, 0.1) is 33.9 Å². The molecule has 0 spiro atoms. The maximum Gasteiger partial charge on any atom is 0.179 e. The number of fused-ring (bicyclic) bond motifs is 8. The molecule has 61 heavy (non-hydrogen) atoms. The molecule has 3 heterocycles. The molecular formula is C56H39N3OSi. The van der Waals surface area contributed by atoms with Crippen molar-refractivity contribution in [2.75, 3.05) is 0 Å². The molecule has 0 radical (unpaired) electrons. The van der Waals surface area contributed by atoms with E-state index in [4.69, 9.17) is 4.42 Å². The quantitative estimate of drug-likeness (QED) is 0.114. The lowest BCUT2D eigenvalue weighted by molar-refractivity contribution is 0.671. The Morgan fingerprint density at radius 2 is 1.13 bits per heavy atom. The van der Waals surface area contributed by atoms with E-state index in [1.165, 1.54) is 20.7 Å². The summed E-state index contributed by atoms with van der Waals surface area (Å²) in [5.41, 5.74) is 9.81. The van der Waals surface area contributed by atoms with Gasteiger partial charge in [-0.25, -0.2) is 0 Å². The summed E-state index contributed by atoms with van der Waals surface area (Å²) in [7, 11) is -3.07. The van der Waals surface area contributed by atoms with Crippen molar-refractivity contribution in [3.8, 4) is 17.4 Å². The van der Waals surface area contributed by atoms with Crippen LogP contribution in [0.5, 0.6) is 0 Å². The minimum absolute atomic E-state index is 0.651. The smallest absolute Gasteiger partial charge is 0.179 e. The third-order valence-corrected chi connectivity index (χ3v) is 17.1. The highest BCUT2D eigenvalue weighted by atomic mass is 28.3. The molecule has 5 heteroatoms. The van der Waals surface area contributed by atoms with Crippen molar-refractivity contribution in [2.45, 2.75) is 6.92 Å². The molecular weight excluding hydrogens is 759 g/mol. The second-order valence-electron chi connectivity index (χ2n) is 15.6. The Kier molecular flexibility index (Phi) is 8.56. The molecule has 288 valence electrons. The van der Waals surface area contributed by atoms with Crippen LogP contribution in [0.15, 0.2) is 205 Å². The van der Waals surface area contributed by atoms with Crippen LogP contribution in [-0.4, -0.2) is 17.2 Å². The molecule has 8 aromatic carbocycles. The highest BCUT2D eigenvalue weighted by molar-refractivity contribution is 7.20. The number of hydrogen-bond donors (Lipinski definition) is 0. The Morgan fingerprint density at radius 3 is 1.80 bits per heavy atom. The van der Waals surface area contributed by atoms with Gasteiger partial charge in [-0.15, -0.1) is 0 Å². The lowest BCUT2D eigenvalue weighted by Gasteiger charge is -2.35. The summed E-state index contributed by atoms with van der Waals surface area (Å²) in [5.74, 6) is 0. The molecule has 0 aliphatic rings. The second-order valence-corrected chi connectivity index (χ2v) is 19.4. The maximum atomic E-state index is 9.85. The van der Waals surface area contributed by atoms with E-state index >= 15 is 0 Å². The van der Waals surface area contributed by atoms with Gasteiger partial charge in [-0.3, -0.25) is 0 Å². The van der Waals surface area contributed by atoms with Gasteiger partial charge < -0.3 is 13.6 Å². The standard InChI is InChI=1S/C56H39N3OSi/c1-3-17-51-45(4-2)48-31-32-49-47-27-12-14-29-54(47)60-56(49)55(48)59(51)40-19-16-25-44(36-40)61(41-20-7-5-8-21-41,42-22-9-6-10-23-42)43-24-15-18-39(35-43)58-52-28-13-11-26-46(52)50-34-38(37-57)30-33-53(50)58/h3-36H,2H2,1H3/b17-3-. The number of hydrogen-bond acceptors (Lipinski definition) is 2. The Labute approximate surface area is 354 Å². The largest absolute Gasteiger partial charge is 0.454 e. The van der Waals surface area contributed by atoms with Crippen molar-refractivity contribution in [3.05, 3.63) is 218 Å². The second kappa shape index (κ2) is 14.4. The van der Waals surface area contributed by atoms with Crippen molar-refractivity contribution < 1.29 is 4.42 Å². The monoisotopic (exact) mass is 797 g/mol. The van der Waals surface area contributed by atoms with Crippen LogP contribution in [0.4, 0.5) is 0 Å². The molecule has 0 amide bonds. The molecule has 11 aromatic rings. The third kappa shape index (κ3) is 5.43. The average Bonchev–Trinajstić information content (AvgIpc) is 3.97. The average molecular weight is 798 g/mol. The van der Waals surface area contributed by atoms with Gasteiger partial charge >= 0.3 is 0 Å². The SMILES string of the molecule is C=Cc1c(/C=C\C)n(-c2cccc([Si](c3ccccc3)(c3ccccc3)c3cccc(-n4c5ccccc5c5cc(C#N)ccc54)c3)c2)c2c1ccc1c3ccccc3oc12. The summed E-state index contributed by atoms with van der Waals surface area (Å²) >= 11 is 0. The van der Waals surface area contributed by atoms with Crippen molar-refractivity contribution in [1.29, 1.82) is 5.26 Å². The first-order valence-corrected chi connectivity index (χ1v) is 22.6. The first-order valence-electron chi connectivity index (χ1n) is 20.6. The van der Waals surface area contributed by atoms with Crippen LogP contribution in [0.25, 0.3) is 78.2 Å². The Balaban J connectivity index is 1.23. The predicted octanol–water partition coefficient (Wildman–Crippen LogP) is 11.6. The summed E-state index contributed by atoms with van der Waals surface area (Å²) in [6, 6.07) is 70.1. The number of nitriles is 1. The number of para-hydroxylation sites is 2. The fraction of sp³-hybridized carbons (Fsp3) is 0.0179. The van der Waals surface area contributed by atoms with Crippen LogP contribution in [0.1, 0.15) is 23.7 Å². The lowest BCUT2D eigenvalue weighted by atomic mass is 10.1. The maximum absolute atomic E-state index is 9.85. The highest BCUT2D eigenvalue weighted by Gasteiger charge is 2.42. The van der Waals surface area contributed by atoms with Gasteiger partial charge in [-0.1, -0.05) is 146 Å². The Bertz CT molecular complexity index is 3540. The number of rotatable bonds is 8. The van der Waals surface area contributed by atoms with E-state index < -0.39 is 8.07 Å². The third-order valence-electron chi connectivity index (χ3n) is 12.4. The van der Waals surface area contributed by atoms with Gasteiger partial charge in [0.1, 0.15) is 5.58 Å². The molecule has 0 unspecified atom stereocenters. The molecule has 0 N–H and O–H groups in total. The van der Waals surface area contributed by atoms with Crippen LogP contribution < -0.4 is 20.7 Å². The van der Waals surface area contributed by atoms with Gasteiger partial charge in [0.25, 0.3) is 0 Å². The van der Waals surface area contributed by atoms with Gasteiger partial charge in [0, 0.05) is 43.9 Å². The first kappa shape index (κ1) is 36.2. The minimum Gasteiger partial charge on any atom is -0.454 e. The van der Waals surface area contributed by atoms with Crippen molar-refractivity contribution in [3.63, 3.8) is 0 Å². The molecule has 0 aliphatic carbocycles. The zero-order valence-corrected chi connectivity index (χ0v) is 34.6. The molecule has 11 rings (SSSR count). The van der Waals surface area contributed by atoms with Crippen LogP contribution in [0.3, 0.4) is 0 Å². The van der Waals surface area contributed by atoms with Crippen LogP contribution in [0, 0.1) is 11.3 Å². The Hall–Kier alpha value is -7.91. The van der Waals surface area contributed by atoms with Crippen LogP contribution >= 0.6 is 0 Å². The Morgan fingerprint density at radius 1 is 0.541 bits per heavy atom. The summed E-state index contributed by atoms with van der Waals surface area (Å²) in [6.45, 7) is 6.39. The molecule has 4 nitrogen and oxygen atoms in total. The van der Waals surface area contributed by atoms with Crippen molar-refractivity contribution in [1.82, 2.24) is 9.13 Å². The van der Waals surface area contributed by atoms with E-state index in [9.17, 15) is 5.26 Å². The normalized spacial score (nSPS) is 12.0. The summed E-state index contributed by atoms with van der Waals surface area (Å²) in [6.07, 6.45) is 6.26. The van der Waals surface area contributed by atoms with Gasteiger partial charge in [0.2, 0.25) is 0 Å². The lowest BCUT2D eigenvalue weighted by Crippen LogP contribution is -2.74. The zero-order valence-electron chi connectivity index (χ0n) is 33.6. The molecule has 0 saturated heterocycles. The van der Waals surface area contributed by atoms with E-state index in [0.717, 1.165) is 77.3 Å². The zero-order chi connectivity index (χ0) is 41.1. The molecule has 0 fully saturated rings. The fourth-order valence-electron chi connectivity index (χ4n) is 9.85. The number of aromatic nitrogens is 2. The number of benzene rings is 8. The van der Waals surface area contributed by atoms with E-state index in [0.29, 0.717) is 5.56 Å². The number of furan rings is 1. The van der Waals surface area contributed by atoms with Crippen molar-refractivity contribution >= 4 is 95.6 Å². The summed E-state index contributed by atoms with van der Waals surface area (Å²) in [4.78, 5) is 0. The van der Waals surface area contributed by atoms with E-state index in [1.54, 1.807) is 0 Å². The number of allylic oxidation sites excluding steroid dienone is 1. The number of nitrogens with zero attached hydrogens (tertiary/aromatic N) is 3. The first-order chi connectivity index (χ1) is 30.1. The topological polar surface area (TPSA) is 46.8 Å². The van der Waals surface area contributed by atoms with Gasteiger partial charge in [-0.05, 0) is 94.4 Å². The molecule has 0 atom stereocenters. The van der Waals surface area contributed by atoms with Gasteiger partial charge in [-0.2, -0.15) is 5.26 Å². The van der Waals surface area contributed by atoms with Crippen LogP contribution in [-0.2, 0) is 0 Å². The molecule has 0 aliphatic heterocycles. The van der Waals surface area contributed by atoms with Gasteiger partial charge in [0.15, 0.2) is 13.7 Å². The van der Waals surface area contributed by atoms with E-state index in [1.807, 2.05) is 30.3 Å². The molecule has 0 saturated carbocycles. The predicted molar refractivity (Wildman–Crippen MR) is 258 cm³/mol. The fourth-order valence-corrected chi connectivity index (χ4v) is 14.7. The minimum atomic E-state index is -3.07. The van der Waals surface area contributed by atoms with E-state index in [-0.39, 0.29) is 0 Å². The van der Waals surface area contributed by atoms with E-state index in [2.05, 4.69) is 205 Å². The van der Waals surface area contributed by atoms with Crippen LogP contribution in [0.2, 0.25) is 0 Å². The summed E-state index contributed by atoms with van der Waals surface area (Å²) < 4.78 is 11.5. The van der Waals surface area contributed by atoms with Crippen molar-refractivity contribution in [2.24, 2.45) is 0 Å².